The van der Waals surface area contributed by atoms with Crippen molar-refractivity contribution in [3.8, 4) is 5.75 Å². The average molecular weight is 574 g/mol. The van der Waals surface area contributed by atoms with Crippen LogP contribution in [0.25, 0.3) is 0 Å². The van der Waals surface area contributed by atoms with E-state index in [-0.39, 0.29) is 18.0 Å². The number of alkyl halides is 1. The fourth-order valence-corrected chi connectivity index (χ4v) is 6.86. The van der Waals surface area contributed by atoms with E-state index in [1.54, 1.807) is 0 Å². The number of benzene rings is 2. The van der Waals surface area contributed by atoms with Gasteiger partial charge in [0.05, 0.1) is 30.3 Å². The lowest BCUT2D eigenvalue weighted by atomic mass is 9.82. The summed E-state index contributed by atoms with van der Waals surface area (Å²) >= 11 is 5.92. The van der Waals surface area contributed by atoms with Gasteiger partial charge in [-0.25, -0.2) is 13.1 Å². The number of nitrogens with zero attached hydrogens (tertiary/aromatic N) is 2. The summed E-state index contributed by atoms with van der Waals surface area (Å²) in [7, 11) is -3.32. The molecule has 0 bridgehead atoms. The van der Waals surface area contributed by atoms with Crippen LogP contribution in [0.1, 0.15) is 73.7 Å². The van der Waals surface area contributed by atoms with Crippen molar-refractivity contribution in [3.05, 3.63) is 77.4 Å². The van der Waals surface area contributed by atoms with Crippen LogP contribution in [0, 0.1) is 0 Å². The van der Waals surface area contributed by atoms with Gasteiger partial charge in [-0.3, -0.25) is 0 Å². The molecule has 0 aliphatic heterocycles. The fourth-order valence-electron chi connectivity index (χ4n) is 5.94. The van der Waals surface area contributed by atoms with Crippen LogP contribution in [-0.2, 0) is 32.7 Å². The van der Waals surface area contributed by atoms with Gasteiger partial charge >= 0.3 is 0 Å². The number of rotatable bonds is 11. The molecule has 8 nitrogen and oxygen atoms in total. The van der Waals surface area contributed by atoms with Gasteiger partial charge < -0.3 is 14.0 Å². The van der Waals surface area contributed by atoms with Gasteiger partial charge in [-0.2, -0.15) is 4.98 Å². The van der Waals surface area contributed by atoms with Crippen molar-refractivity contribution in [1.29, 1.82) is 0 Å². The third kappa shape index (κ3) is 7.20. The van der Waals surface area contributed by atoms with Crippen molar-refractivity contribution in [2.45, 2.75) is 80.9 Å². The molecule has 1 heterocycles. The number of sulfonamides is 1. The maximum atomic E-state index is 11.9. The number of nitrogens with one attached hydrogen (secondary N) is 1. The minimum Gasteiger partial charge on any atom is -0.489 e. The Morgan fingerprint density at radius 3 is 2.51 bits per heavy atom. The predicted molar refractivity (Wildman–Crippen MR) is 149 cm³/mol. The fraction of sp³-hybridized carbons (Fsp3) is 0.517. The second-order valence-electron chi connectivity index (χ2n) is 10.9. The number of hydrogen-bond acceptors (Lipinski definition) is 7. The lowest BCUT2D eigenvalue weighted by molar-refractivity contribution is -0.0113. The Labute approximate surface area is 235 Å². The van der Waals surface area contributed by atoms with Crippen molar-refractivity contribution in [2.24, 2.45) is 0 Å². The molecule has 0 unspecified atom stereocenters. The van der Waals surface area contributed by atoms with Gasteiger partial charge in [0.2, 0.25) is 15.9 Å². The molecule has 2 aliphatic carbocycles. The number of ether oxygens (including phenoxy) is 2. The Balaban J connectivity index is 1.20. The second-order valence-corrected chi connectivity index (χ2v) is 12.9. The molecule has 1 N–H and O–H groups in total. The molecule has 0 spiro atoms. The molecule has 0 saturated heterocycles. The first-order valence-electron chi connectivity index (χ1n) is 13.6. The summed E-state index contributed by atoms with van der Waals surface area (Å²) in [5.41, 5.74) is 1.88. The maximum Gasteiger partial charge on any atom is 0.235 e. The van der Waals surface area contributed by atoms with Gasteiger partial charge in [0.15, 0.2) is 5.82 Å². The third-order valence-corrected chi connectivity index (χ3v) is 8.90. The van der Waals surface area contributed by atoms with Crippen LogP contribution in [0.4, 0.5) is 0 Å². The number of aromatic nitrogens is 2. The molecule has 2 atom stereocenters. The number of hydrogen-bond donors (Lipinski definition) is 1. The molecule has 2 fully saturated rings. The van der Waals surface area contributed by atoms with E-state index in [0.717, 1.165) is 37.0 Å². The van der Waals surface area contributed by atoms with Gasteiger partial charge in [0.1, 0.15) is 12.4 Å². The van der Waals surface area contributed by atoms with Crippen LogP contribution in [0.5, 0.6) is 5.75 Å². The molecule has 2 aromatic carbocycles. The van der Waals surface area contributed by atoms with Crippen LogP contribution in [0.3, 0.4) is 0 Å². The molecule has 39 heavy (non-hydrogen) atoms. The van der Waals surface area contributed by atoms with E-state index < -0.39 is 15.4 Å². The highest BCUT2D eigenvalue weighted by Gasteiger charge is 2.46. The highest BCUT2D eigenvalue weighted by atomic mass is 35.5. The lowest BCUT2D eigenvalue weighted by Crippen LogP contribution is -2.37. The molecule has 10 heteroatoms. The Morgan fingerprint density at radius 1 is 1.05 bits per heavy atom. The summed E-state index contributed by atoms with van der Waals surface area (Å²) < 4.78 is 44.8. The Kier molecular flexibility index (Phi) is 8.91. The normalized spacial score (nSPS) is 25.5. The number of halogens is 1. The zero-order valence-corrected chi connectivity index (χ0v) is 23.8. The predicted octanol–water partition coefficient (Wildman–Crippen LogP) is 5.47. The van der Waals surface area contributed by atoms with Crippen LogP contribution in [0.15, 0.2) is 59.1 Å². The van der Waals surface area contributed by atoms with Crippen molar-refractivity contribution in [2.75, 3.05) is 12.9 Å². The van der Waals surface area contributed by atoms with Crippen molar-refractivity contribution < 1.29 is 22.4 Å². The SMILES string of the molecule is CS(=O)(=O)N[C@H]1CC[C@](COC2CCC(c3ccccc3OCc3ccccc3)CC2)(c2nc(CCl)no2)C1. The second kappa shape index (κ2) is 12.4. The summed E-state index contributed by atoms with van der Waals surface area (Å²) in [4.78, 5) is 4.50. The smallest absolute Gasteiger partial charge is 0.235 e. The zero-order valence-electron chi connectivity index (χ0n) is 22.2. The first kappa shape index (κ1) is 28.1. The van der Waals surface area contributed by atoms with Crippen LogP contribution in [0.2, 0.25) is 0 Å². The minimum absolute atomic E-state index is 0.118. The zero-order chi connectivity index (χ0) is 27.3. The molecule has 5 rings (SSSR count). The summed E-state index contributed by atoms with van der Waals surface area (Å²) in [5, 5.41) is 3.98. The number of para-hydroxylation sites is 1. The van der Waals surface area contributed by atoms with E-state index in [4.69, 9.17) is 25.6 Å². The van der Waals surface area contributed by atoms with Gasteiger partial charge in [-0.15, -0.1) is 11.6 Å². The molecule has 2 saturated carbocycles. The van der Waals surface area contributed by atoms with Gasteiger partial charge in [-0.1, -0.05) is 53.7 Å². The van der Waals surface area contributed by atoms with Gasteiger partial charge in [-0.05, 0) is 68.1 Å². The van der Waals surface area contributed by atoms with Crippen molar-refractivity contribution >= 4 is 21.6 Å². The quantitative estimate of drug-likeness (QED) is 0.303. The largest absolute Gasteiger partial charge is 0.489 e. The van der Waals surface area contributed by atoms with Crippen molar-refractivity contribution in [3.63, 3.8) is 0 Å². The van der Waals surface area contributed by atoms with E-state index in [9.17, 15) is 8.42 Å². The monoisotopic (exact) mass is 573 g/mol. The summed E-state index contributed by atoms with van der Waals surface area (Å²) in [5.74, 6) is 2.44. The first-order chi connectivity index (χ1) is 18.8. The van der Waals surface area contributed by atoms with E-state index >= 15 is 0 Å². The summed E-state index contributed by atoms with van der Waals surface area (Å²) in [6.07, 6.45) is 7.14. The van der Waals surface area contributed by atoms with E-state index in [1.807, 2.05) is 24.3 Å². The highest BCUT2D eigenvalue weighted by Crippen LogP contribution is 2.43. The third-order valence-electron chi connectivity index (χ3n) is 7.90. The molecule has 210 valence electrons. The summed E-state index contributed by atoms with van der Waals surface area (Å²) in [6.45, 7) is 0.958. The molecule has 1 aromatic heterocycles. The summed E-state index contributed by atoms with van der Waals surface area (Å²) in [6, 6.07) is 18.4. The molecule has 3 aromatic rings. The molecule has 2 aliphatic rings. The topological polar surface area (TPSA) is 104 Å². The highest BCUT2D eigenvalue weighted by molar-refractivity contribution is 7.88. The van der Waals surface area contributed by atoms with Gasteiger partial charge in [0, 0.05) is 6.04 Å². The molecular weight excluding hydrogens is 538 g/mol. The standard InChI is InChI=1S/C29H36ClN3O5S/c1-39(34,35)33-23-15-16-29(17-23,28-31-27(18-30)32-38-28)20-37-24-13-11-22(12-14-24)25-9-5-6-10-26(25)36-19-21-7-3-2-4-8-21/h2-10,22-24,33H,11-20H2,1H3/t22?,23-,24?,29-/m0/s1. The Bertz CT molecular complexity index is 1330. The first-order valence-corrected chi connectivity index (χ1v) is 16.0. The van der Waals surface area contributed by atoms with E-state index in [2.05, 4.69) is 45.2 Å². The van der Waals surface area contributed by atoms with E-state index in [0.29, 0.717) is 50.1 Å². The van der Waals surface area contributed by atoms with Gasteiger partial charge in [0.25, 0.3) is 0 Å². The molecular formula is C29H36ClN3O5S. The molecule has 0 amide bonds. The van der Waals surface area contributed by atoms with Crippen LogP contribution < -0.4 is 9.46 Å². The Hall–Kier alpha value is -2.46. The lowest BCUT2D eigenvalue weighted by Gasteiger charge is -2.33. The maximum absolute atomic E-state index is 11.9. The Morgan fingerprint density at radius 2 is 1.79 bits per heavy atom. The average Bonchev–Trinajstić information content (AvgIpc) is 3.59. The van der Waals surface area contributed by atoms with E-state index in [1.165, 1.54) is 11.8 Å². The van der Waals surface area contributed by atoms with Crippen LogP contribution >= 0.6 is 11.6 Å². The van der Waals surface area contributed by atoms with Crippen molar-refractivity contribution in [1.82, 2.24) is 14.9 Å². The van der Waals surface area contributed by atoms with Crippen LogP contribution in [-0.4, -0.2) is 43.6 Å². The molecule has 0 radical (unpaired) electrons. The minimum atomic E-state index is -3.32.